The Morgan fingerprint density at radius 3 is 2.69 bits per heavy atom. The molecule has 0 aliphatic carbocycles. The number of nitrogens with zero attached hydrogens (tertiary/aromatic N) is 3. The average molecular weight is 358 g/mol. The van der Waals surface area contributed by atoms with Gasteiger partial charge in [0, 0.05) is 50.5 Å². The van der Waals surface area contributed by atoms with Gasteiger partial charge in [-0.05, 0) is 5.92 Å². The first-order valence-corrected chi connectivity index (χ1v) is 8.86. The number of hydrogen-bond donors (Lipinski definition) is 3. The first kappa shape index (κ1) is 19.6. The van der Waals surface area contributed by atoms with Crippen LogP contribution in [0.1, 0.15) is 45.2 Å². The van der Waals surface area contributed by atoms with Gasteiger partial charge in [-0.3, -0.25) is 9.59 Å². The van der Waals surface area contributed by atoms with E-state index in [4.69, 9.17) is 6.42 Å². The van der Waals surface area contributed by atoms with Crippen molar-refractivity contribution in [2.75, 3.05) is 6.54 Å². The number of carbonyl (C=O) groups is 2. The number of rotatable bonds is 11. The second-order valence-corrected chi connectivity index (χ2v) is 6.93. The number of carbonyl (C=O) groups excluding carboxylic acids is 2. The van der Waals surface area contributed by atoms with E-state index < -0.39 is 11.7 Å². The van der Waals surface area contributed by atoms with Crippen LogP contribution >= 0.6 is 0 Å². The average Bonchev–Trinajstić information content (AvgIpc) is 3.15. The fraction of sp³-hybridized carbons (Fsp3) is 0.611. The van der Waals surface area contributed by atoms with Gasteiger partial charge < -0.3 is 15.6 Å². The third-order valence-electron chi connectivity index (χ3n) is 4.10. The van der Waals surface area contributed by atoms with E-state index in [-0.39, 0.29) is 17.7 Å². The lowest BCUT2D eigenvalue weighted by Gasteiger charge is -2.19. The number of hydrogen-bond acceptors (Lipinski definition) is 5. The molecule has 1 aliphatic heterocycles. The third kappa shape index (κ3) is 6.31. The molecule has 8 nitrogen and oxygen atoms in total. The molecule has 0 radical (unpaired) electrons. The van der Waals surface area contributed by atoms with Gasteiger partial charge in [0.15, 0.2) is 5.66 Å². The number of H-pyrrole nitrogens is 1. The maximum Gasteiger partial charge on any atom is 0.242 e. The number of amides is 2. The second kappa shape index (κ2) is 9.13. The highest BCUT2D eigenvalue weighted by Crippen LogP contribution is 2.35. The lowest BCUT2D eigenvalue weighted by molar-refractivity contribution is -0.129. The molecule has 0 saturated carbocycles. The zero-order chi connectivity index (χ0) is 19.0. The number of nitrogens with one attached hydrogen (secondary N) is 3. The van der Waals surface area contributed by atoms with Crippen LogP contribution in [0.25, 0.3) is 0 Å². The molecule has 1 aliphatic rings. The van der Waals surface area contributed by atoms with Crippen LogP contribution in [0.15, 0.2) is 22.8 Å². The Morgan fingerprint density at radius 1 is 1.35 bits per heavy atom. The predicted octanol–water partition coefficient (Wildman–Crippen LogP) is 1.56. The fourth-order valence-corrected chi connectivity index (χ4v) is 2.63. The highest BCUT2D eigenvalue weighted by atomic mass is 16.2. The molecule has 0 saturated heterocycles. The Morgan fingerprint density at radius 2 is 2.12 bits per heavy atom. The van der Waals surface area contributed by atoms with Crippen LogP contribution in [-0.2, 0) is 16.0 Å². The first-order valence-electron chi connectivity index (χ1n) is 8.86. The molecule has 0 spiro atoms. The fourth-order valence-electron chi connectivity index (χ4n) is 2.63. The molecule has 3 N–H and O–H groups in total. The van der Waals surface area contributed by atoms with Gasteiger partial charge in [0.25, 0.3) is 0 Å². The van der Waals surface area contributed by atoms with Crippen LogP contribution in [0.3, 0.4) is 0 Å². The van der Waals surface area contributed by atoms with Crippen molar-refractivity contribution in [3.05, 3.63) is 18.2 Å². The summed E-state index contributed by atoms with van der Waals surface area (Å²) < 4.78 is 0. The largest absolute Gasteiger partial charge is 0.354 e. The maximum atomic E-state index is 12.6. The molecule has 1 aromatic rings. The van der Waals surface area contributed by atoms with E-state index in [1.165, 1.54) is 0 Å². The minimum Gasteiger partial charge on any atom is -0.354 e. The molecule has 1 atom stereocenters. The van der Waals surface area contributed by atoms with Gasteiger partial charge in [-0.15, -0.1) is 12.3 Å². The third-order valence-corrected chi connectivity index (χ3v) is 4.10. The summed E-state index contributed by atoms with van der Waals surface area (Å²) >= 11 is 0. The molecule has 26 heavy (non-hydrogen) atoms. The molecule has 2 heterocycles. The summed E-state index contributed by atoms with van der Waals surface area (Å²) in [6.07, 6.45) is 11.1. The van der Waals surface area contributed by atoms with E-state index in [1.807, 2.05) is 13.8 Å². The highest BCUT2D eigenvalue weighted by Gasteiger charge is 2.38. The van der Waals surface area contributed by atoms with Gasteiger partial charge >= 0.3 is 0 Å². The van der Waals surface area contributed by atoms with Crippen LogP contribution in [0, 0.1) is 18.3 Å². The molecule has 0 fully saturated rings. The highest BCUT2D eigenvalue weighted by molar-refractivity contribution is 5.87. The van der Waals surface area contributed by atoms with Gasteiger partial charge in [-0.25, -0.2) is 4.98 Å². The van der Waals surface area contributed by atoms with E-state index in [0.29, 0.717) is 38.6 Å². The van der Waals surface area contributed by atoms with E-state index in [1.54, 1.807) is 12.5 Å². The quantitative estimate of drug-likeness (QED) is 0.522. The SMILES string of the molecule is C#CCCC1(CCNC(=O)C(Cc2cnc[nH]2)NC(=O)CC(C)C)N=N1. The normalized spacial score (nSPS) is 15.3. The molecule has 8 heteroatoms. The second-order valence-electron chi connectivity index (χ2n) is 6.93. The maximum absolute atomic E-state index is 12.6. The Kier molecular flexibility index (Phi) is 6.89. The predicted molar refractivity (Wildman–Crippen MR) is 97.0 cm³/mol. The molecule has 1 unspecified atom stereocenters. The van der Waals surface area contributed by atoms with Crippen molar-refractivity contribution in [1.29, 1.82) is 0 Å². The summed E-state index contributed by atoms with van der Waals surface area (Å²) in [5.74, 6) is 2.43. The van der Waals surface area contributed by atoms with Crippen molar-refractivity contribution >= 4 is 11.8 Å². The Hall–Kier alpha value is -2.69. The zero-order valence-corrected chi connectivity index (χ0v) is 15.3. The van der Waals surface area contributed by atoms with Gasteiger partial charge in [-0.2, -0.15) is 10.2 Å². The van der Waals surface area contributed by atoms with Crippen molar-refractivity contribution in [3.63, 3.8) is 0 Å². The van der Waals surface area contributed by atoms with Crippen LogP contribution < -0.4 is 10.6 Å². The summed E-state index contributed by atoms with van der Waals surface area (Å²) in [5.41, 5.74) is 0.354. The zero-order valence-electron chi connectivity index (χ0n) is 15.3. The van der Waals surface area contributed by atoms with Crippen LogP contribution in [0.5, 0.6) is 0 Å². The van der Waals surface area contributed by atoms with Crippen molar-refractivity contribution in [2.24, 2.45) is 16.1 Å². The monoisotopic (exact) mass is 358 g/mol. The molecule has 2 rings (SSSR count). The van der Waals surface area contributed by atoms with E-state index in [2.05, 4.69) is 36.8 Å². The molecular formula is C18H26N6O2. The van der Waals surface area contributed by atoms with Gasteiger partial charge in [0.2, 0.25) is 11.8 Å². The van der Waals surface area contributed by atoms with Gasteiger partial charge in [0.1, 0.15) is 6.04 Å². The topological polar surface area (TPSA) is 112 Å². The summed E-state index contributed by atoms with van der Waals surface area (Å²) in [6.45, 7) is 4.35. The van der Waals surface area contributed by atoms with Gasteiger partial charge in [-0.1, -0.05) is 13.8 Å². The summed E-state index contributed by atoms with van der Waals surface area (Å²) in [4.78, 5) is 31.6. The summed E-state index contributed by atoms with van der Waals surface area (Å²) in [7, 11) is 0. The molecular weight excluding hydrogens is 332 g/mol. The van der Waals surface area contributed by atoms with E-state index in [0.717, 1.165) is 5.69 Å². The van der Waals surface area contributed by atoms with Gasteiger partial charge in [0.05, 0.1) is 6.33 Å². The van der Waals surface area contributed by atoms with Crippen LogP contribution in [0.4, 0.5) is 0 Å². The summed E-state index contributed by atoms with van der Waals surface area (Å²) in [5, 5.41) is 13.8. The molecule has 0 aromatic carbocycles. The Bertz CT molecular complexity index is 668. The van der Waals surface area contributed by atoms with E-state index >= 15 is 0 Å². The van der Waals surface area contributed by atoms with E-state index in [9.17, 15) is 9.59 Å². The molecule has 1 aromatic heterocycles. The standard InChI is InChI=1S/C18H26N6O2/c1-4-5-6-18(23-24-18)7-8-20-17(26)15(10-14-11-19-12-21-14)22-16(25)9-13(2)3/h1,11-13,15H,5-10H2,2-3H3,(H,19,21)(H,20,26)(H,22,25). The number of imidazole rings is 1. The van der Waals surface area contributed by atoms with Crippen molar-refractivity contribution in [2.45, 2.75) is 57.7 Å². The minimum absolute atomic E-state index is 0.141. The number of aromatic nitrogens is 2. The smallest absolute Gasteiger partial charge is 0.242 e. The lowest BCUT2D eigenvalue weighted by atomic mass is 10.0. The molecule has 140 valence electrons. The van der Waals surface area contributed by atoms with Crippen molar-refractivity contribution in [3.8, 4) is 12.3 Å². The Labute approximate surface area is 153 Å². The van der Waals surface area contributed by atoms with Crippen molar-refractivity contribution < 1.29 is 9.59 Å². The van der Waals surface area contributed by atoms with Crippen LogP contribution in [0.2, 0.25) is 0 Å². The number of terminal acetylenes is 1. The first-order chi connectivity index (χ1) is 12.4. The van der Waals surface area contributed by atoms with Crippen LogP contribution in [-0.4, -0.2) is 40.0 Å². The Balaban J connectivity index is 1.86. The lowest BCUT2D eigenvalue weighted by Crippen LogP contribution is -2.48. The molecule has 0 bridgehead atoms. The number of aromatic amines is 1. The van der Waals surface area contributed by atoms with Crippen molar-refractivity contribution in [1.82, 2.24) is 20.6 Å². The summed E-state index contributed by atoms with van der Waals surface area (Å²) in [6, 6.07) is -0.656. The molecule has 2 amide bonds. The minimum atomic E-state index is -0.656.